The number of benzene rings is 1. The first-order chi connectivity index (χ1) is 11.7. The molecule has 1 aromatic heterocycles. The Labute approximate surface area is 138 Å². The first kappa shape index (κ1) is 17.2. The van der Waals surface area contributed by atoms with E-state index in [0.29, 0.717) is 37.2 Å². The SMILES string of the molecule is O=C(O)C1CCCc2nn(Cc3ccc(C(F)(F)F)c(F)c3)c(=O)n21. The predicted octanol–water partition coefficient (Wildman–Crippen LogP) is 2.21. The standard InChI is InChI=1S/C15H13F4N3O3/c16-10-6-8(4-5-9(10)15(17,18)19)7-21-14(25)22-11(13(23)24)2-1-3-12(22)20-21/h4-6,11H,1-3,7H2,(H,23,24). The number of alkyl halides is 3. The largest absolute Gasteiger partial charge is 0.480 e. The minimum atomic E-state index is -4.80. The van der Waals surface area contributed by atoms with Gasteiger partial charge in [0.25, 0.3) is 0 Å². The van der Waals surface area contributed by atoms with Crippen LogP contribution in [0, 0.1) is 5.82 Å². The number of aromatic nitrogens is 3. The van der Waals surface area contributed by atoms with Crippen molar-refractivity contribution in [3.8, 4) is 0 Å². The second-order valence-electron chi connectivity index (χ2n) is 5.78. The van der Waals surface area contributed by atoms with Crippen LogP contribution in [0.15, 0.2) is 23.0 Å². The molecule has 0 radical (unpaired) electrons. The zero-order chi connectivity index (χ0) is 18.4. The Kier molecular flexibility index (Phi) is 4.13. The predicted molar refractivity (Wildman–Crippen MR) is 76.6 cm³/mol. The number of aliphatic carboxylic acids is 1. The van der Waals surface area contributed by atoms with E-state index in [9.17, 15) is 32.3 Å². The molecule has 1 atom stereocenters. The molecular formula is C15H13F4N3O3. The number of nitrogens with zero attached hydrogens (tertiary/aromatic N) is 3. The van der Waals surface area contributed by atoms with Gasteiger partial charge >= 0.3 is 17.8 Å². The Hall–Kier alpha value is -2.65. The smallest absolute Gasteiger partial charge is 0.419 e. The lowest BCUT2D eigenvalue weighted by molar-refractivity contribution is -0.142. The number of aryl methyl sites for hydroxylation is 1. The van der Waals surface area contributed by atoms with Gasteiger partial charge in [-0.25, -0.2) is 18.7 Å². The van der Waals surface area contributed by atoms with Crippen molar-refractivity contribution in [2.75, 3.05) is 0 Å². The number of hydrogen-bond donors (Lipinski definition) is 1. The summed E-state index contributed by atoms with van der Waals surface area (Å²) in [6, 6.07) is 1.34. The van der Waals surface area contributed by atoms with Gasteiger partial charge < -0.3 is 5.11 Å². The number of hydrogen-bond acceptors (Lipinski definition) is 3. The number of halogens is 4. The number of rotatable bonds is 3. The van der Waals surface area contributed by atoms with Crippen molar-refractivity contribution in [3.63, 3.8) is 0 Å². The van der Waals surface area contributed by atoms with Crippen LogP contribution in [0.4, 0.5) is 17.6 Å². The fourth-order valence-electron chi connectivity index (χ4n) is 2.93. The molecule has 25 heavy (non-hydrogen) atoms. The summed E-state index contributed by atoms with van der Waals surface area (Å²) >= 11 is 0. The van der Waals surface area contributed by atoms with Crippen molar-refractivity contribution >= 4 is 5.97 Å². The van der Waals surface area contributed by atoms with E-state index >= 15 is 0 Å². The fraction of sp³-hybridized carbons (Fsp3) is 0.400. The number of carboxylic acids is 1. The minimum absolute atomic E-state index is 0.120. The van der Waals surface area contributed by atoms with Crippen LogP contribution in [0.1, 0.15) is 35.8 Å². The molecule has 134 valence electrons. The average Bonchev–Trinajstić information content (AvgIpc) is 2.82. The summed E-state index contributed by atoms with van der Waals surface area (Å²) in [6.07, 6.45) is -3.53. The van der Waals surface area contributed by atoms with Gasteiger partial charge in [0.05, 0.1) is 12.1 Å². The molecule has 6 nitrogen and oxygen atoms in total. The van der Waals surface area contributed by atoms with Crippen molar-refractivity contribution in [3.05, 3.63) is 51.5 Å². The highest BCUT2D eigenvalue weighted by Gasteiger charge is 2.34. The average molecular weight is 359 g/mol. The lowest BCUT2D eigenvalue weighted by Crippen LogP contribution is -2.34. The second-order valence-corrected chi connectivity index (χ2v) is 5.78. The topological polar surface area (TPSA) is 77.1 Å². The van der Waals surface area contributed by atoms with E-state index in [1.165, 1.54) is 0 Å². The monoisotopic (exact) mass is 359 g/mol. The fourth-order valence-corrected chi connectivity index (χ4v) is 2.93. The van der Waals surface area contributed by atoms with Gasteiger partial charge in [0.1, 0.15) is 17.7 Å². The number of carbonyl (C=O) groups is 1. The first-order valence-electron chi connectivity index (χ1n) is 7.45. The van der Waals surface area contributed by atoms with Crippen LogP contribution in [-0.2, 0) is 23.9 Å². The van der Waals surface area contributed by atoms with E-state index in [2.05, 4.69) is 5.10 Å². The first-order valence-corrected chi connectivity index (χ1v) is 7.45. The third-order valence-electron chi connectivity index (χ3n) is 4.09. The molecule has 0 bridgehead atoms. The maximum Gasteiger partial charge on any atom is 0.419 e. The molecule has 0 spiro atoms. The van der Waals surface area contributed by atoms with Crippen molar-refractivity contribution < 1.29 is 27.5 Å². The summed E-state index contributed by atoms with van der Waals surface area (Å²) < 4.78 is 53.4. The van der Waals surface area contributed by atoms with E-state index in [1.807, 2.05) is 0 Å². The van der Waals surface area contributed by atoms with Gasteiger partial charge in [0, 0.05) is 6.42 Å². The second kappa shape index (κ2) is 6.01. The van der Waals surface area contributed by atoms with E-state index in [4.69, 9.17) is 0 Å². The van der Waals surface area contributed by atoms with Crippen LogP contribution >= 0.6 is 0 Å². The molecule has 1 N–H and O–H groups in total. The quantitative estimate of drug-likeness (QED) is 0.853. The van der Waals surface area contributed by atoms with Gasteiger partial charge in [0.15, 0.2) is 0 Å². The highest BCUT2D eigenvalue weighted by atomic mass is 19.4. The van der Waals surface area contributed by atoms with Gasteiger partial charge in [-0.2, -0.15) is 18.3 Å². The third-order valence-corrected chi connectivity index (χ3v) is 4.09. The van der Waals surface area contributed by atoms with Gasteiger partial charge in [-0.05, 0) is 30.5 Å². The van der Waals surface area contributed by atoms with Gasteiger partial charge in [-0.15, -0.1) is 0 Å². The molecule has 1 aliphatic heterocycles. The summed E-state index contributed by atoms with van der Waals surface area (Å²) in [5.41, 5.74) is -1.95. The van der Waals surface area contributed by atoms with Gasteiger partial charge in [-0.1, -0.05) is 6.07 Å². The normalized spacial score (nSPS) is 17.4. The highest BCUT2D eigenvalue weighted by molar-refractivity contribution is 5.72. The molecule has 10 heteroatoms. The van der Waals surface area contributed by atoms with Crippen molar-refractivity contribution in [1.82, 2.24) is 14.3 Å². The Morgan fingerprint density at radius 3 is 2.68 bits per heavy atom. The van der Waals surface area contributed by atoms with Crippen LogP contribution in [0.5, 0.6) is 0 Å². The Morgan fingerprint density at radius 1 is 1.36 bits per heavy atom. The molecular weight excluding hydrogens is 346 g/mol. The molecule has 2 heterocycles. The van der Waals surface area contributed by atoms with Crippen molar-refractivity contribution in [1.29, 1.82) is 0 Å². The van der Waals surface area contributed by atoms with E-state index < -0.39 is 35.3 Å². The van der Waals surface area contributed by atoms with Crippen LogP contribution in [-0.4, -0.2) is 25.4 Å². The molecule has 0 fully saturated rings. The van der Waals surface area contributed by atoms with E-state index in [-0.39, 0.29) is 12.1 Å². The summed E-state index contributed by atoms with van der Waals surface area (Å²) in [7, 11) is 0. The molecule has 0 aliphatic carbocycles. The molecule has 3 rings (SSSR count). The number of fused-ring (bicyclic) bond motifs is 1. The van der Waals surface area contributed by atoms with E-state index in [0.717, 1.165) is 15.3 Å². The lowest BCUT2D eigenvalue weighted by atomic mass is 10.1. The Balaban J connectivity index is 1.94. The molecule has 1 aliphatic rings. The van der Waals surface area contributed by atoms with Crippen LogP contribution in [0.2, 0.25) is 0 Å². The summed E-state index contributed by atoms with van der Waals surface area (Å²) in [6.45, 7) is -0.250. The lowest BCUT2D eigenvalue weighted by Gasteiger charge is -2.19. The van der Waals surface area contributed by atoms with Crippen LogP contribution < -0.4 is 5.69 Å². The third kappa shape index (κ3) is 3.15. The maximum absolute atomic E-state index is 13.6. The van der Waals surface area contributed by atoms with Crippen LogP contribution in [0.3, 0.4) is 0 Å². The molecule has 0 amide bonds. The molecule has 0 saturated carbocycles. The summed E-state index contributed by atoms with van der Waals surface area (Å²) in [5, 5.41) is 13.2. The van der Waals surface area contributed by atoms with Gasteiger partial charge in [0.2, 0.25) is 0 Å². The Morgan fingerprint density at radius 2 is 2.08 bits per heavy atom. The van der Waals surface area contributed by atoms with Crippen LogP contribution in [0.25, 0.3) is 0 Å². The zero-order valence-corrected chi connectivity index (χ0v) is 12.8. The summed E-state index contributed by atoms with van der Waals surface area (Å²) in [5.74, 6) is -2.29. The highest BCUT2D eigenvalue weighted by Crippen LogP contribution is 2.31. The molecule has 1 unspecified atom stereocenters. The van der Waals surface area contributed by atoms with Crippen molar-refractivity contribution in [2.45, 2.75) is 38.0 Å². The van der Waals surface area contributed by atoms with Crippen molar-refractivity contribution in [2.24, 2.45) is 0 Å². The zero-order valence-electron chi connectivity index (χ0n) is 12.8. The Bertz CT molecular complexity index is 885. The summed E-state index contributed by atoms with van der Waals surface area (Å²) in [4.78, 5) is 23.6. The molecule has 0 saturated heterocycles. The minimum Gasteiger partial charge on any atom is -0.480 e. The van der Waals surface area contributed by atoms with Gasteiger partial charge in [-0.3, -0.25) is 4.57 Å². The number of carboxylic acid groups (broad SMARTS) is 1. The molecule has 1 aromatic carbocycles. The molecule has 2 aromatic rings. The van der Waals surface area contributed by atoms with E-state index in [1.54, 1.807) is 0 Å². The maximum atomic E-state index is 13.6.